The van der Waals surface area contributed by atoms with E-state index in [-0.39, 0.29) is 0 Å². The van der Waals surface area contributed by atoms with E-state index < -0.39 is 0 Å². The number of hydrogen-bond acceptors (Lipinski definition) is 3. The molecule has 0 bridgehead atoms. The minimum Gasteiger partial charge on any atom is -0.455 e. The zero-order valence-corrected chi connectivity index (χ0v) is 27.3. The predicted octanol–water partition coefficient (Wildman–Crippen LogP) is 13.9. The summed E-state index contributed by atoms with van der Waals surface area (Å²) in [5, 5.41) is 7.05. The second kappa shape index (κ2) is 11.2. The molecule has 49 heavy (non-hydrogen) atoms. The van der Waals surface area contributed by atoms with Crippen LogP contribution in [0.15, 0.2) is 180 Å². The topological polar surface area (TPSA) is 16.4 Å². The number of rotatable bonds is 5. The van der Waals surface area contributed by atoms with Crippen molar-refractivity contribution >= 4 is 81.3 Å². The molecule has 0 fully saturated rings. The lowest BCUT2D eigenvalue weighted by atomic mass is 9.98. The third kappa shape index (κ3) is 4.47. The molecule has 0 unspecified atom stereocenters. The van der Waals surface area contributed by atoms with Crippen molar-refractivity contribution in [2.75, 3.05) is 4.90 Å². The predicted molar refractivity (Wildman–Crippen MR) is 210 cm³/mol. The van der Waals surface area contributed by atoms with Crippen LogP contribution in [-0.2, 0) is 0 Å². The van der Waals surface area contributed by atoms with Crippen molar-refractivity contribution in [3.8, 4) is 22.3 Å². The molecule has 0 saturated heterocycles. The summed E-state index contributed by atoms with van der Waals surface area (Å²) >= 11 is 1.85. The second-order valence-corrected chi connectivity index (χ2v) is 13.5. The fourth-order valence-electron chi connectivity index (χ4n) is 7.37. The Labute approximate surface area is 287 Å². The average Bonchev–Trinajstić information content (AvgIpc) is 3.76. The molecule has 2 nitrogen and oxygen atoms in total. The highest BCUT2D eigenvalue weighted by atomic mass is 32.1. The van der Waals surface area contributed by atoms with Crippen molar-refractivity contribution < 1.29 is 4.42 Å². The van der Waals surface area contributed by atoms with Gasteiger partial charge in [0, 0.05) is 37.5 Å². The molecule has 0 saturated carbocycles. The van der Waals surface area contributed by atoms with Crippen molar-refractivity contribution in [2.24, 2.45) is 0 Å². The van der Waals surface area contributed by atoms with E-state index in [4.69, 9.17) is 4.42 Å². The van der Waals surface area contributed by atoms with Crippen LogP contribution in [0.25, 0.3) is 75.1 Å². The molecule has 2 heterocycles. The van der Waals surface area contributed by atoms with Gasteiger partial charge >= 0.3 is 0 Å². The zero-order valence-electron chi connectivity index (χ0n) is 26.5. The Morgan fingerprint density at radius 3 is 1.90 bits per heavy atom. The number of fused-ring (bicyclic) bond motifs is 8. The Kier molecular flexibility index (Phi) is 6.39. The Hall–Kier alpha value is -6.16. The van der Waals surface area contributed by atoms with Crippen molar-refractivity contribution in [2.45, 2.75) is 0 Å². The molecular weight excluding hydrogens is 615 g/mol. The number of thiophene rings is 1. The fraction of sp³-hybridized carbons (Fsp3) is 0. The van der Waals surface area contributed by atoms with Crippen LogP contribution in [0.2, 0.25) is 0 Å². The summed E-state index contributed by atoms with van der Waals surface area (Å²) in [6.07, 6.45) is 0. The maximum atomic E-state index is 7.00. The second-order valence-electron chi connectivity index (χ2n) is 12.5. The molecule has 8 aromatic carbocycles. The van der Waals surface area contributed by atoms with Crippen LogP contribution in [-0.4, -0.2) is 0 Å². The molecule has 0 aliphatic carbocycles. The van der Waals surface area contributed by atoms with Crippen molar-refractivity contribution in [1.82, 2.24) is 0 Å². The van der Waals surface area contributed by atoms with Crippen LogP contribution in [0.1, 0.15) is 0 Å². The summed E-state index contributed by atoms with van der Waals surface area (Å²) in [4.78, 5) is 2.44. The van der Waals surface area contributed by atoms with Crippen molar-refractivity contribution in [1.29, 1.82) is 0 Å². The molecule has 10 rings (SSSR count). The highest BCUT2D eigenvalue weighted by Gasteiger charge is 2.25. The molecule has 0 amide bonds. The first kappa shape index (κ1) is 27.9. The van der Waals surface area contributed by atoms with E-state index in [9.17, 15) is 0 Å². The lowest BCUT2D eigenvalue weighted by Gasteiger charge is -2.27. The molecule has 0 spiro atoms. The largest absolute Gasteiger partial charge is 0.455 e. The monoisotopic (exact) mass is 643 g/mol. The van der Waals surface area contributed by atoms with Crippen LogP contribution in [0.4, 0.5) is 17.1 Å². The first-order chi connectivity index (χ1) is 24.3. The summed E-state index contributed by atoms with van der Waals surface area (Å²) in [6, 6.07) is 63.0. The highest BCUT2D eigenvalue weighted by Crippen LogP contribution is 2.50. The third-order valence-electron chi connectivity index (χ3n) is 9.67. The van der Waals surface area contributed by atoms with Gasteiger partial charge in [0.25, 0.3) is 0 Å². The fourth-order valence-corrected chi connectivity index (χ4v) is 8.58. The molecule has 230 valence electrons. The summed E-state index contributed by atoms with van der Waals surface area (Å²) in [6.45, 7) is 0. The van der Waals surface area contributed by atoms with Gasteiger partial charge in [-0.05, 0) is 64.5 Å². The first-order valence-electron chi connectivity index (χ1n) is 16.6. The van der Waals surface area contributed by atoms with Crippen LogP contribution in [0.3, 0.4) is 0 Å². The minimum atomic E-state index is 0.893. The lowest BCUT2D eigenvalue weighted by Crippen LogP contribution is -2.10. The van der Waals surface area contributed by atoms with E-state index >= 15 is 0 Å². The van der Waals surface area contributed by atoms with Gasteiger partial charge in [0.05, 0.1) is 21.5 Å². The number of hydrogen-bond donors (Lipinski definition) is 0. The minimum absolute atomic E-state index is 0.893. The summed E-state index contributed by atoms with van der Waals surface area (Å²) in [5.74, 6) is 0. The van der Waals surface area contributed by atoms with E-state index in [1.54, 1.807) is 0 Å². The molecular formula is C46H29NOS. The van der Waals surface area contributed by atoms with Gasteiger partial charge in [0.2, 0.25) is 0 Å². The van der Waals surface area contributed by atoms with Gasteiger partial charge < -0.3 is 9.32 Å². The Morgan fingerprint density at radius 2 is 1.08 bits per heavy atom. The maximum absolute atomic E-state index is 7.00. The van der Waals surface area contributed by atoms with Gasteiger partial charge in [-0.25, -0.2) is 0 Å². The van der Waals surface area contributed by atoms with Crippen molar-refractivity contribution in [3.05, 3.63) is 176 Å². The number of furan rings is 1. The van der Waals surface area contributed by atoms with Gasteiger partial charge in [-0.1, -0.05) is 133 Å². The van der Waals surface area contributed by atoms with E-state index in [2.05, 4.69) is 181 Å². The molecule has 0 radical (unpaired) electrons. The summed E-state index contributed by atoms with van der Waals surface area (Å²) in [5.41, 5.74) is 9.74. The molecule has 0 aliphatic rings. The number of nitrogens with zero attached hydrogens (tertiary/aromatic N) is 1. The van der Waals surface area contributed by atoms with E-state index in [1.165, 1.54) is 36.7 Å². The van der Waals surface area contributed by atoms with Gasteiger partial charge in [-0.3, -0.25) is 0 Å². The molecule has 0 aliphatic heterocycles. The maximum Gasteiger partial charge on any atom is 0.145 e. The summed E-state index contributed by atoms with van der Waals surface area (Å²) in [7, 11) is 0. The number of anilines is 3. The van der Waals surface area contributed by atoms with Gasteiger partial charge in [0.15, 0.2) is 0 Å². The third-order valence-corrected chi connectivity index (χ3v) is 10.9. The van der Waals surface area contributed by atoms with Crippen LogP contribution >= 0.6 is 11.3 Å². The number of benzene rings is 8. The van der Waals surface area contributed by atoms with E-state index in [0.29, 0.717) is 0 Å². The van der Waals surface area contributed by atoms with Gasteiger partial charge in [0.1, 0.15) is 11.2 Å². The van der Waals surface area contributed by atoms with Crippen molar-refractivity contribution in [3.63, 3.8) is 0 Å². The molecule has 0 atom stereocenters. The SMILES string of the molecule is c1ccc(-c2ccc(N(c3cccc4c3sc3ccccc34)c3ccc(-c4ccccc4)c4oc5c6ccccc6ccc5c34)cc2)cc1. The van der Waals surface area contributed by atoms with Gasteiger partial charge in [-0.15, -0.1) is 11.3 Å². The highest BCUT2D eigenvalue weighted by molar-refractivity contribution is 7.26. The molecule has 10 aromatic rings. The van der Waals surface area contributed by atoms with Crippen LogP contribution < -0.4 is 4.90 Å². The van der Waals surface area contributed by atoms with E-state index in [1.807, 2.05) is 11.3 Å². The standard InChI is InChI=1S/C46H29NOS/c1-3-12-30(13-4-1)31-22-25-34(26-23-31)47(41-20-11-19-38-37-18-9-10-21-42(37)49-46(38)41)40-29-28-36(32-14-5-2-6-15-32)45-43(40)39-27-24-33-16-7-8-17-35(33)44(39)48-45/h1-29H. The Morgan fingerprint density at radius 1 is 0.408 bits per heavy atom. The Bertz CT molecular complexity index is 2810. The van der Waals surface area contributed by atoms with Crippen LogP contribution in [0.5, 0.6) is 0 Å². The quantitative estimate of drug-likeness (QED) is 0.186. The zero-order chi connectivity index (χ0) is 32.3. The van der Waals surface area contributed by atoms with Gasteiger partial charge in [-0.2, -0.15) is 0 Å². The van der Waals surface area contributed by atoms with Crippen LogP contribution in [0, 0.1) is 0 Å². The normalized spacial score (nSPS) is 11.7. The average molecular weight is 644 g/mol. The first-order valence-corrected chi connectivity index (χ1v) is 17.4. The molecule has 2 aromatic heterocycles. The summed E-state index contributed by atoms with van der Waals surface area (Å²) < 4.78 is 9.55. The lowest BCUT2D eigenvalue weighted by molar-refractivity contribution is 0.674. The Balaban J connectivity index is 1.30. The molecule has 0 N–H and O–H groups in total. The van der Waals surface area contributed by atoms with E-state index in [0.717, 1.165) is 55.5 Å². The smallest absolute Gasteiger partial charge is 0.145 e. The molecule has 3 heteroatoms.